The van der Waals surface area contributed by atoms with Crippen LogP contribution in [0, 0.1) is 24.2 Å². The first-order valence-electron chi connectivity index (χ1n) is 15.8. The van der Waals surface area contributed by atoms with E-state index in [0.29, 0.717) is 11.5 Å². The second kappa shape index (κ2) is 12.7. The molecule has 0 atom stereocenters. The summed E-state index contributed by atoms with van der Waals surface area (Å²) in [4.78, 5) is 8.95. The molecule has 4 aromatic carbocycles. The fraction of sp³-hybridized carbons (Fsp3) is 0.220. The van der Waals surface area contributed by atoms with Crippen LogP contribution in [0.3, 0.4) is 0 Å². The van der Waals surface area contributed by atoms with Crippen molar-refractivity contribution in [3.05, 3.63) is 140 Å². The number of anilines is 2. The number of aromatic nitrogens is 2. The molecule has 0 saturated heterocycles. The van der Waals surface area contributed by atoms with E-state index < -0.39 is 0 Å². The average Bonchev–Trinajstić information content (AvgIpc) is 3.64. The maximum Gasteiger partial charge on any atom is 0.135 e. The van der Waals surface area contributed by atoms with Crippen molar-refractivity contribution in [3.8, 4) is 17.3 Å². The van der Waals surface area contributed by atoms with E-state index in [1.165, 1.54) is 11.1 Å². The third kappa shape index (κ3) is 6.87. The minimum absolute atomic E-state index is 0. The minimum Gasteiger partial charge on any atom is -0.509 e. The monoisotopic (exact) mass is 798 g/mol. The molecule has 0 spiro atoms. The van der Waals surface area contributed by atoms with Gasteiger partial charge in [0.25, 0.3) is 0 Å². The number of ether oxygens (including phenoxy) is 1. The Morgan fingerprint density at radius 1 is 0.745 bits per heavy atom. The van der Waals surface area contributed by atoms with Gasteiger partial charge in [-0.25, -0.2) is 4.98 Å². The summed E-state index contributed by atoms with van der Waals surface area (Å²) in [5, 5.41) is 2.26. The van der Waals surface area contributed by atoms with Gasteiger partial charge >= 0.3 is 0 Å². The zero-order valence-corrected chi connectivity index (χ0v) is 30.0. The topological polar surface area (TPSA) is 33.5 Å². The molecule has 242 valence electrons. The number of nitrogens with zero attached hydrogens (tertiary/aromatic N) is 4. The molecule has 0 saturated carbocycles. The van der Waals surface area contributed by atoms with Crippen LogP contribution < -0.4 is 14.5 Å². The van der Waals surface area contributed by atoms with Crippen LogP contribution in [0.5, 0.6) is 11.5 Å². The van der Waals surface area contributed by atoms with Crippen molar-refractivity contribution in [2.45, 2.75) is 53.4 Å². The van der Waals surface area contributed by atoms with Crippen LogP contribution in [0.2, 0.25) is 0 Å². The van der Waals surface area contributed by atoms with Crippen LogP contribution in [-0.4, -0.2) is 9.55 Å². The van der Waals surface area contributed by atoms with E-state index in [1.54, 1.807) is 0 Å². The molecule has 0 fully saturated rings. The maximum atomic E-state index is 6.39. The van der Waals surface area contributed by atoms with Gasteiger partial charge < -0.3 is 19.1 Å². The van der Waals surface area contributed by atoms with Crippen molar-refractivity contribution >= 4 is 33.2 Å². The summed E-state index contributed by atoms with van der Waals surface area (Å²) in [5.74, 6) is 2.11. The average molecular weight is 799 g/mol. The number of rotatable bonds is 6. The van der Waals surface area contributed by atoms with Crippen LogP contribution in [0.4, 0.5) is 11.4 Å². The maximum absolute atomic E-state index is 6.39. The molecule has 1 aliphatic rings. The van der Waals surface area contributed by atoms with E-state index in [0.717, 1.165) is 45.4 Å². The van der Waals surface area contributed by atoms with Crippen molar-refractivity contribution < 1.29 is 25.8 Å². The number of hydrogen-bond donors (Lipinski definition) is 0. The summed E-state index contributed by atoms with van der Waals surface area (Å²) >= 11 is 0. The molecule has 0 unspecified atom stereocenters. The molecule has 0 aliphatic carbocycles. The Hall–Kier alpha value is -4.34. The SMILES string of the molecule is CC(C)(C)Cc1ccc(N2C=CN(c3[c-]c(Oc4[c-]c5c(cc4)c4ccccc4n5-c4cc(C(C)(C)C)ccn4)ccc3)[CH-]2)cc1.[Pt]. The summed E-state index contributed by atoms with van der Waals surface area (Å²) in [6.07, 6.45) is 7.04. The molecule has 1 aliphatic heterocycles. The van der Waals surface area contributed by atoms with E-state index in [-0.39, 0.29) is 31.9 Å². The largest absolute Gasteiger partial charge is 0.509 e. The van der Waals surface area contributed by atoms with E-state index in [1.807, 2.05) is 36.7 Å². The fourth-order valence-corrected chi connectivity index (χ4v) is 5.99. The van der Waals surface area contributed by atoms with Crippen molar-refractivity contribution in [1.82, 2.24) is 9.55 Å². The molecule has 6 heteroatoms. The number of hydrogen-bond acceptors (Lipinski definition) is 4. The Bertz CT molecular complexity index is 2060. The zero-order chi connectivity index (χ0) is 32.1. The molecule has 3 heterocycles. The van der Waals surface area contributed by atoms with E-state index in [2.05, 4.69) is 148 Å². The minimum atomic E-state index is 0. The predicted octanol–water partition coefficient (Wildman–Crippen LogP) is 10.4. The summed E-state index contributed by atoms with van der Waals surface area (Å²) in [6.45, 7) is 15.5. The van der Waals surface area contributed by atoms with Gasteiger partial charge in [0.2, 0.25) is 0 Å². The van der Waals surface area contributed by atoms with Crippen LogP contribution in [-0.2, 0) is 32.9 Å². The summed E-state index contributed by atoms with van der Waals surface area (Å²) in [5.41, 5.74) is 6.86. The Kier molecular flexibility index (Phi) is 8.80. The first-order chi connectivity index (χ1) is 22.0. The van der Waals surface area contributed by atoms with Crippen molar-refractivity contribution in [2.24, 2.45) is 5.41 Å². The van der Waals surface area contributed by atoms with Gasteiger partial charge in [-0.2, -0.15) is 12.1 Å². The van der Waals surface area contributed by atoms with Crippen molar-refractivity contribution in [1.29, 1.82) is 0 Å². The van der Waals surface area contributed by atoms with Crippen LogP contribution in [0.15, 0.2) is 110 Å². The summed E-state index contributed by atoms with van der Waals surface area (Å²) in [7, 11) is 0. The van der Waals surface area contributed by atoms with Crippen molar-refractivity contribution in [2.75, 3.05) is 9.80 Å². The molecule has 0 amide bonds. The second-order valence-corrected chi connectivity index (χ2v) is 14.2. The second-order valence-electron chi connectivity index (χ2n) is 14.2. The van der Waals surface area contributed by atoms with Crippen LogP contribution in [0.25, 0.3) is 27.6 Å². The fourth-order valence-electron chi connectivity index (χ4n) is 5.99. The van der Waals surface area contributed by atoms with Crippen LogP contribution >= 0.6 is 0 Å². The smallest absolute Gasteiger partial charge is 0.135 e. The van der Waals surface area contributed by atoms with Gasteiger partial charge in [-0.05, 0) is 76.5 Å². The van der Waals surface area contributed by atoms with Gasteiger partial charge in [0.15, 0.2) is 0 Å². The Labute approximate surface area is 292 Å². The summed E-state index contributed by atoms with van der Waals surface area (Å²) < 4.78 is 8.57. The first kappa shape index (κ1) is 32.6. The molecular formula is C41H39N4OPt-3. The van der Waals surface area contributed by atoms with E-state index in [9.17, 15) is 0 Å². The van der Waals surface area contributed by atoms with Gasteiger partial charge in [-0.15, -0.1) is 48.1 Å². The summed E-state index contributed by atoms with van der Waals surface area (Å²) in [6, 6.07) is 38.5. The third-order valence-electron chi connectivity index (χ3n) is 8.25. The van der Waals surface area contributed by atoms with Gasteiger partial charge in [0, 0.05) is 50.0 Å². The number of para-hydroxylation sites is 1. The standard InChI is InChI=1S/C41H39N4O.Pt/c1-40(2,3)27-29-14-16-31(17-15-29)43-22-23-44(28-43)32-10-9-11-33(25-32)46-34-18-19-36-35-12-7-8-13-37(35)45(38(36)26-34)39-24-30(20-21-42-39)41(4,5)6;/h7-24,28H,27H2,1-6H3;/q-3;. The van der Waals surface area contributed by atoms with Gasteiger partial charge in [0.05, 0.1) is 0 Å². The number of benzene rings is 4. The molecular weight excluding hydrogens is 760 g/mol. The quantitative estimate of drug-likeness (QED) is 0.157. The predicted molar refractivity (Wildman–Crippen MR) is 189 cm³/mol. The molecule has 0 radical (unpaired) electrons. The Balaban J connectivity index is 0.00000386. The molecule has 47 heavy (non-hydrogen) atoms. The molecule has 2 aromatic heterocycles. The zero-order valence-electron chi connectivity index (χ0n) is 27.7. The van der Waals surface area contributed by atoms with Gasteiger partial charge in [-0.1, -0.05) is 77.4 Å². The third-order valence-corrected chi connectivity index (χ3v) is 8.25. The number of fused-ring (bicyclic) bond motifs is 3. The van der Waals surface area contributed by atoms with Gasteiger partial charge in [0.1, 0.15) is 5.82 Å². The van der Waals surface area contributed by atoms with E-state index >= 15 is 0 Å². The first-order valence-corrected chi connectivity index (χ1v) is 15.8. The molecule has 0 N–H and O–H groups in total. The molecule has 7 rings (SSSR count). The number of pyridine rings is 1. The molecule has 0 bridgehead atoms. The van der Waals surface area contributed by atoms with Crippen molar-refractivity contribution in [3.63, 3.8) is 0 Å². The van der Waals surface area contributed by atoms with E-state index in [4.69, 9.17) is 9.72 Å². The Morgan fingerprint density at radius 2 is 1.49 bits per heavy atom. The molecule has 6 aromatic rings. The molecule has 5 nitrogen and oxygen atoms in total. The van der Waals surface area contributed by atoms with Gasteiger partial charge in [-0.3, -0.25) is 0 Å². The van der Waals surface area contributed by atoms with Crippen LogP contribution in [0.1, 0.15) is 52.7 Å². The normalized spacial score (nSPS) is 13.4. The Morgan fingerprint density at radius 3 is 2.26 bits per heavy atom.